The predicted octanol–water partition coefficient (Wildman–Crippen LogP) is 3.22. The number of rotatable bonds is 5. The molecule has 0 aromatic carbocycles. The van der Waals surface area contributed by atoms with Gasteiger partial charge in [-0.1, -0.05) is 20.3 Å². The molecular weight excluding hydrogens is 312 g/mol. The van der Waals surface area contributed by atoms with E-state index in [4.69, 9.17) is 10.8 Å². The minimum absolute atomic E-state index is 0.139. The number of nitrogens with zero attached hydrogens (tertiary/aromatic N) is 1. The van der Waals surface area contributed by atoms with Crippen LogP contribution in [0.15, 0.2) is 0 Å². The van der Waals surface area contributed by atoms with Gasteiger partial charge in [0.2, 0.25) is 0 Å². The van der Waals surface area contributed by atoms with Crippen molar-refractivity contribution in [3.8, 4) is 6.07 Å². The molecule has 0 aliphatic heterocycles. The SMILES string of the molecule is CCC(C)CCC1(C#N)CCc2c(sc(N)c2C=O)C1=O.CO. The number of fused-ring (bicyclic) bond motifs is 1. The van der Waals surface area contributed by atoms with Crippen LogP contribution in [0.1, 0.15) is 65.1 Å². The highest BCUT2D eigenvalue weighted by Crippen LogP contribution is 2.45. The van der Waals surface area contributed by atoms with Gasteiger partial charge in [0.1, 0.15) is 5.41 Å². The zero-order valence-electron chi connectivity index (χ0n) is 13.9. The number of hydrogen-bond acceptors (Lipinski definition) is 6. The van der Waals surface area contributed by atoms with Gasteiger partial charge >= 0.3 is 0 Å². The zero-order chi connectivity index (χ0) is 17.6. The molecule has 0 spiro atoms. The van der Waals surface area contributed by atoms with E-state index >= 15 is 0 Å². The standard InChI is InChI=1S/C16H20N2O2S.CH4O/c1-3-10(2)4-6-16(9-17)7-5-11-12(8-19)15(18)21-13(11)14(16)20;1-2/h8,10H,3-7,18H2,1-2H3;2H,1H3. The number of ketones is 1. The van der Waals surface area contributed by atoms with Crippen LogP contribution >= 0.6 is 11.3 Å². The Balaban J connectivity index is 0.00000127. The fourth-order valence-electron chi connectivity index (χ4n) is 2.83. The molecule has 0 bridgehead atoms. The topological polar surface area (TPSA) is 104 Å². The average molecular weight is 336 g/mol. The lowest BCUT2D eigenvalue weighted by Gasteiger charge is -2.30. The quantitative estimate of drug-likeness (QED) is 0.803. The number of Topliss-reactive ketones (excluding diaryl/α,β-unsaturated/α-hetero) is 1. The largest absolute Gasteiger partial charge is 0.400 e. The highest BCUT2D eigenvalue weighted by atomic mass is 32.1. The van der Waals surface area contributed by atoms with Crippen molar-refractivity contribution in [2.45, 2.75) is 46.0 Å². The molecule has 0 saturated carbocycles. The van der Waals surface area contributed by atoms with Crippen LogP contribution in [0.4, 0.5) is 5.00 Å². The molecule has 1 aliphatic carbocycles. The summed E-state index contributed by atoms with van der Waals surface area (Å²) < 4.78 is 0. The van der Waals surface area contributed by atoms with Gasteiger partial charge < -0.3 is 10.8 Å². The smallest absolute Gasteiger partial charge is 0.193 e. The van der Waals surface area contributed by atoms with Crippen LogP contribution in [0, 0.1) is 22.7 Å². The maximum absolute atomic E-state index is 12.8. The van der Waals surface area contributed by atoms with Crippen LogP contribution in [0.25, 0.3) is 0 Å². The highest BCUT2D eigenvalue weighted by Gasteiger charge is 2.44. The Bertz CT molecular complexity index is 618. The Morgan fingerprint density at radius 1 is 1.52 bits per heavy atom. The third kappa shape index (κ3) is 3.62. The molecule has 2 unspecified atom stereocenters. The van der Waals surface area contributed by atoms with Crippen molar-refractivity contribution < 1.29 is 14.7 Å². The Hall–Kier alpha value is -1.71. The van der Waals surface area contributed by atoms with Crippen LogP contribution in [-0.2, 0) is 6.42 Å². The van der Waals surface area contributed by atoms with E-state index in [2.05, 4.69) is 19.9 Å². The molecule has 23 heavy (non-hydrogen) atoms. The van der Waals surface area contributed by atoms with E-state index in [1.807, 2.05) is 0 Å². The zero-order valence-corrected chi connectivity index (χ0v) is 14.7. The Morgan fingerprint density at radius 2 is 2.17 bits per heavy atom. The van der Waals surface area contributed by atoms with Crippen molar-refractivity contribution in [1.29, 1.82) is 5.26 Å². The average Bonchev–Trinajstić information content (AvgIpc) is 2.92. The molecule has 3 N–H and O–H groups in total. The fourth-order valence-corrected chi connectivity index (χ4v) is 3.95. The number of hydrogen-bond donors (Lipinski definition) is 2. The molecule has 6 heteroatoms. The van der Waals surface area contributed by atoms with Gasteiger partial charge in [-0.2, -0.15) is 5.26 Å². The maximum atomic E-state index is 12.8. The first-order valence-electron chi connectivity index (χ1n) is 7.76. The van der Waals surface area contributed by atoms with Crippen molar-refractivity contribution in [3.63, 3.8) is 0 Å². The number of aliphatic hydroxyl groups is 1. The van der Waals surface area contributed by atoms with E-state index in [-0.39, 0.29) is 5.78 Å². The van der Waals surface area contributed by atoms with Crippen molar-refractivity contribution in [3.05, 3.63) is 16.0 Å². The van der Waals surface area contributed by atoms with E-state index in [9.17, 15) is 14.9 Å². The second-order valence-electron chi connectivity index (χ2n) is 5.88. The van der Waals surface area contributed by atoms with Gasteiger partial charge in [0.25, 0.3) is 0 Å². The molecule has 1 aliphatic rings. The number of aliphatic hydroxyl groups excluding tert-OH is 1. The highest BCUT2D eigenvalue weighted by molar-refractivity contribution is 7.18. The molecule has 126 valence electrons. The molecular formula is C17H24N2O3S. The van der Waals surface area contributed by atoms with E-state index < -0.39 is 5.41 Å². The molecule has 0 amide bonds. The van der Waals surface area contributed by atoms with Crippen LogP contribution in [-0.4, -0.2) is 24.3 Å². The van der Waals surface area contributed by atoms with Crippen LogP contribution < -0.4 is 5.73 Å². The van der Waals surface area contributed by atoms with Gasteiger partial charge in [0, 0.05) is 7.11 Å². The Kier molecular flexibility index (Phi) is 6.92. The van der Waals surface area contributed by atoms with E-state index in [1.54, 1.807) is 0 Å². The molecule has 0 fully saturated rings. The van der Waals surface area contributed by atoms with Gasteiger partial charge in [-0.3, -0.25) is 9.59 Å². The van der Waals surface area contributed by atoms with Crippen molar-refractivity contribution in [1.82, 2.24) is 0 Å². The summed E-state index contributed by atoms with van der Waals surface area (Å²) in [5, 5.41) is 17.0. The Labute approximate surface area is 141 Å². The lowest BCUT2D eigenvalue weighted by molar-refractivity contribution is 0.0820. The molecule has 1 heterocycles. The van der Waals surface area contributed by atoms with Gasteiger partial charge in [0.15, 0.2) is 12.1 Å². The van der Waals surface area contributed by atoms with Gasteiger partial charge in [-0.05, 0) is 37.2 Å². The normalized spacial score (nSPS) is 20.7. The van der Waals surface area contributed by atoms with E-state index in [0.717, 1.165) is 43.1 Å². The van der Waals surface area contributed by atoms with Gasteiger partial charge in [-0.15, -0.1) is 11.3 Å². The molecule has 2 atom stereocenters. The Morgan fingerprint density at radius 3 is 2.70 bits per heavy atom. The van der Waals surface area contributed by atoms with Crippen molar-refractivity contribution in [2.24, 2.45) is 11.3 Å². The molecule has 2 rings (SSSR count). The van der Waals surface area contributed by atoms with Crippen LogP contribution in [0.5, 0.6) is 0 Å². The van der Waals surface area contributed by atoms with Crippen LogP contribution in [0.3, 0.4) is 0 Å². The molecule has 5 nitrogen and oxygen atoms in total. The summed E-state index contributed by atoms with van der Waals surface area (Å²) in [7, 11) is 1.00. The minimum atomic E-state index is -0.937. The summed E-state index contributed by atoms with van der Waals surface area (Å²) in [5.74, 6) is 0.364. The first-order valence-corrected chi connectivity index (χ1v) is 8.57. The van der Waals surface area contributed by atoms with E-state index in [1.165, 1.54) is 0 Å². The number of thiophene rings is 1. The minimum Gasteiger partial charge on any atom is -0.400 e. The van der Waals surface area contributed by atoms with Crippen LogP contribution in [0.2, 0.25) is 0 Å². The summed E-state index contributed by atoms with van der Waals surface area (Å²) in [4.78, 5) is 24.4. The monoisotopic (exact) mass is 336 g/mol. The summed E-state index contributed by atoms with van der Waals surface area (Å²) in [6, 6.07) is 2.26. The fraction of sp³-hybridized carbons (Fsp3) is 0.588. The third-order valence-corrected chi connectivity index (χ3v) is 5.69. The summed E-state index contributed by atoms with van der Waals surface area (Å²) in [6.45, 7) is 4.25. The number of aldehydes is 1. The maximum Gasteiger partial charge on any atom is 0.193 e. The van der Waals surface area contributed by atoms with E-state index in [0.29, 0.717) is 40.6 Å². The van der Waals surface area contributed by atoms with Crippen molar-refractivity contribution >= 4 is 28.4 Å². The van der Waals surface area contributed by atoms with Gasteiger partial charge in [0.05, 0.1) is 21.5 Å². The third-order valence-electron chi connectivity index (χ3n) is 4.61. The second-order valence-corrected chi connectivity index (χ2v) is 6.93. The molecule has 1 aromatic heterocycles. The molecule has 0 radical (unpaired) electrons. The second kappa shape index (κ2) is 8.23. The summed E-state index contributed by atoms with van der Waals surface area (Å²) in [5.41, 5.74) is 6.07. The first kappa shape index (κ1) is 19.3. The number of nitrogen functional groups attached to an aromatic ring is 1. The van der Waals surface area contributed by atoms with Gasteiger partial charge in [-0.25, -0.2) is 0 Å². The lowest BCUT2D eigenvalue weighted by Crippen LogP contribution is -2.34. The molecule has 0 saturated heterocycles. The lowest BCUT2D eigenvalue weighted by atomic mass is 9.70. The number of nitriles is 1. The number of nitrogens with two attached hydrogens (primary N) is 1. The predicted molar refractivity (Wildman–Crippen MR) is 91.6 cm³/mol. The first-order chi connectivity index (χ1) is 11.0. The number of anilines is 1. The van der Waals surface area contributed by atoms with Crippen molar-refractivity contribution in [2.75, 3.05) is 12.8 Å². The molecule has 1 aromatic rings. The number of carbonyl (C=O) groups is 2. The summed E-state index contributed by atoms with van der Waals surface area (Å²) >= 11 is 1.15. The number of carbonyl (C=O) groups excluding carboxylic acids is 2. The summed E-state index contributed by atoms with van der Waals surface area (Å²) in [6.07, 6.45) is 4.29.